The number of H-pyrrole nitrogens is 1. The normalized spacial score (nSPS) is 12.3. The molecule has 1 unspecified atom stereocenters. The average molecular weight is 339 g/mol. The number of amides is 1. The fraction of sp³-hybridized carbons (Fsp3) is 0.263. The van der Waals surface area contributed by atoms with E-state index in [1.54, 1.807) is 11.8 Å². The van der Waals surface area contributed by atoms with E-state index in [1.807, 2.05) is 49.4 Å². The van der Waals surface area contributed by atoms with Gasteiger partial charge in [-0.25, -0.2) is 4.98 Å². The van der Waals surface area contributed by atoms with Crippen LogP contribution in [0, 0.1) is 13.8 Å². The number of nitrogens with one attached hydrogen (secondary N) is 2. The summed E-state index contributed by atoms with van der Waals surface area (Å²) in [6.45, 7) is 6.17. The minimum Gasteiger partial charge on any atom is -0.341 e. The number of carbonyl (C=O) groups is 1. The van der Waals surface area contributed by atoms with Crippen LogP contribution in [0.4, 0.5) is 5.69 Å². The minimum atomic E-state index is 0.00575. The molecule has 0 saturated carbocycles. The number of aryl methyl sites for hydroxylation is 2. The quantitative estimate of drug-likeness (QED) is 0.713. The summed E-state index contributed by atoms with van der Waals surface area (Å²) in [6.07, 6.45) is 0. The zero-order valence-corrected chi connectivity index (χ0v) is 14.9. The van der Waals surface area contributed by atoms with Gasteiger partial charge in [0.2, 0.25) is 5.91 Å². The van der Waals surface area contributed by atoms with E-state index in [2.05, 4.69) is 29.1 Å². The number of rotatable bonds is 5. The topological polar surface area (TPSA) is 57.8 Å². The lowest BCUT2D eigenvalue weighted by atomic mass is 10.1. The van der Waals surface area contributed by atoms with Gasteiger partial charge in [0.1, 0.15) is 5.82 Å². The molecule has 0 aliphatic carbocycles. The Hall–Kier alpha value is -2.27. The standard InChI is InChI=1S/C19H21N3OS/c1-12-8-9-15(10-13(12)2)20-18(23)11-24-14(3)19-21-16-6-4-5-7-17(16)22-19/h4-10,14H,11H2,1-3H3,(H,20,23)(H,21,22). The molecule has 1 aromatic heterocycles. The Balaban J connectivity index is 1.58. The number of thioether (sulfide) groups is 1. The zero-order valence-electron chi connectivity index (χ0n) is 14.1. The van der Waals surface area contributed by atoms with E-state index in [1.165, 1.54) is 11.1 Å². The monoisotopic (exact) mass is 339 g/mol. The fourth-order valence-electron chi connectivity index (χ4n) is 2.46. The molecule has 0 radical (unpaired) electrons. The first-order chi connectivity index (χ1) is 11.5. The second-order valence-corrected chi connectivity index (χ2v) is 7.27. The summed E-state index contributed by atoms with van der Waals surface area (Å²) in [5.41, 5.74) is 5.23. The van der Waals surface area contributed by atoms with Crippen molar-refractivity contribution < 1.29 is 4.79 Å². The largest absolute Gasteiger partial charge is 0.341 e. The van der Waals surface area contributed by atoms with Crippen LogP contribution in [-0.2, 0) is 4.79 Å². The highest BCUT2D eigenvalue weighted by Crippen LogP contribution is 2.27. The predicted octanol–water partition coefficient (Wildman–Crippen LogP) is 4.61. The van der Waals surface area contributed by atoms with Gasteiger partial charge < -0.3 is 10.3 Å². The highest BCUT2D eigenvalue weighted by atomic mass is 32.2. The van der Waals surface area contributed by atoms with E-state index in [4.69, 9.17) is 0 Å². The van der Waals surface area contributed by atoms with Crippen molar-refractivity contribution in [1.82, 2.24) is 9.97 Å². The van der Waals surface area contributed by atoms with Gasteiger partial charge in [0.05, 0.1) is 22.0 Å². The Bertz CT molecular complexity index is 839. The first kappa shape index (κ1) is 16.6. The summed E-state index contributed by atoms with van der Waals surface area (Å²) in [5, 5.41) is 3.08. The van der Waals surface area contributed by atoms with Crippen LogP contribution < -0.4 is 5.32 Å². The van der Waals surface area contributed by atoms with Gasteiger partial charge in [0.15, 0.2) is 0 Å². The van der Waals surface area contributed by atoms with Crippen molar-refractivity contribution >= 4 is 34.4 Å². The summed E-state index contributed by atoms with van der Waals surface area (Å²) in [4.78, 5) is 20.1. The van der Waals surface area contributed by atoms with Crippen LogP contribution >= 0.6 is 11.8 Å². The molecule has 3 aromatic rings. The number of fused-ring (bicyclic) bond motifs is 1. The van der Waals surface area contributed by atoms with Crippen molar-refractivity contribution in [3.63, 3.8) is 0 Å². The van der Waals surface area contributed by atoms with Gasteiger partial charge in [0, 0.05) is 5.69 Å². The maximum Gasteiger partial charge on any atom is 0.234 e. The number of anilines is 1. The van der Waals surface area contributed by atoms with Crippen molar-refractivity contribution in [3.05, 3.63) is 59.4 Å². The second kappa shape index (κ2) is 7.09. The van der Waals surface area contributed by atoms with Gasteiger partial charge in [-0.15, -0.1) is 11.8 Å². The van der Waals surface area contributed by atoms with Crippen LogP contribution in [0.25, 0.3) is 11.0 Å². The number of aromatic amines is 1. The number of hydrogen-bond donors (Lipinski definition) is 2. The summed E-state index contributed by atoms with van der Waals surface area (Å²) in [6, 6.07) is 13.9. The van der Waals surface area contributed by atoms with Crippen molar-refractivity contribution in [2.45, 2.75) is 26.0 Å². The second-order valence-electron chi connectivity index (χ2n) is 5.94. The molecule has 0 saturated heterocycles. The number of imidazole rings is 1. The minimum absolute atomic E-state index is 0.00575. The molecule has 2 N–H and O–H groups in total. The molecule has 0 spiro atoms. The molecule has 2 aromatic carbocycles. The number of carbonyl (C=O) groups excluding carboxylic acids is 1. The molecule has 124 valence electrons. The molecular formula is C19H21N3OS. The van der Waals surface area contributed by atoms with Crippen LogP contribution in [0.1, 0.15) is 29.1 Å². The average Bonchev–Trinajstić information content (AvgIpc) is 3.00. The van der Waals surface area contributed by atoms with Crippen LogP contribution in [0.15, 0.2) is 42.5 Å². The number of nitrogens with zero attached hydrogens (tertiary/aromatic N) is 1. The van der Waals surface area contributed by atoms with Gasteiger partial charge in [-0.3, -0.25) is 4.79 Å². The van der Waals surface area contributed by atoms with Gasteiger partial charge in [-0.2, -0.15) is 0 Å². The Morgan fingerprint density at radius 3 is 2.75 bits per heavy atom. The Kier molecular flexibility index (Phi) is 4.90. The summed E-state index contributed by atoms with van der Waals surface area (Å²) in [7, 11) is 0. The molecule has 3 rings (SSSR count). The molecule has 5 heteroatoms. The highest BCUT2D eigenvalue weighted by Gasteiger charge is 2.13. The first-order valence-corrected chi connectivity index (χ1v) is 9.01. The van der Waals surface area contributed by atoms with Gasteiger partial charge >= 0.3 is 0 Å². The van der Waals surface area contributed by atoms with E-state index in [9.17, 15) is 4.79 Å². The SMILES string of the molecule is Cc1ccc(NC(=O)CSC(C)c2nc3ccccc3[nH]2)cc1C. The fourth-order valence-corrected chi connectivity index (χ4v) is 3.20. The maximum absolute atomic E-state index is 12.2. The summed E-state index contributed by atoms with van der Waals surface area (Å²) < 4.78 is 0. The van der Waals surface area contributed by atoms with Crippen molar-refractivity contribution in [3.8, 4) is 0 Å². The highest BCUT2D eigenvalue weighted by molar-refractivity contribution is 8.00. The Morgan fingerprint density at radius 2 is 2.00 bits per heavy atom. The van der Waals surface area contributed by atoms with Crippen molar-refractivity contribution in [2.24, 2.45) is 0 Å². The Morgan fingerprint density at radius 1 is 1.21 bits per heavy atom. The molecular weight excluding hydrogens is 318 g/mol. The lowest BCUT2D eigenvalue weighted by Gasteiger charge is -2.10. The van der Waals surface area contributed by atoms with Gasteiger partial charge in [-0.05, 0) is 56.2 Å². The van der Waals surface area contributed by atoms with E-state index in [-0.39, 0.29) is 11.2 Å². The lowest BCUT2D eigenvalue weighted by Crippen LogP contribution is -2.15. The number of aromatic nitrogens is 2. The van der Waals surface area contributed by atoms with E-state index >= 15 is 0 Å². The molecule has 0 fully saturated rings. The van der Waals surface area contributed by atoms with E-state index in [0.29, 0.717) is 5.75 Å². The van der Waals surface area contributed by atoms with Gasteiger partial charge in [0.25, 0.3) is 0 Å². The molecule has 0 aliphatic heterocycles. The van der Waals surface area contributed by atoms with Crippen LogP contribution in [-0.4, -0.2) is 21.6 Å². The van der Waals surface area contributed by atoms with Crippen LogP contribution in [0.3, 0.4) is 0 Å². The summed E-state index contributed by atoms with van der Waals surface area (Å²) >= 11 is 1.57. The third-order valence-electron chi connectivity index (χ3n) is 4.05. The molecule has 0 aliphatic rings. The molecule has 1 heterocycles. The van der Waals surface area contributed by atoms with E-state index in [0.717, 1.165) is 22.5 Å². The van der Waals surface area contributed by atoms with Gasteiger partial charge in [-0.1, -0.05) is 18.2 Å². The van der Waals surface area contributed by atoms with Crippen LogP contribution in [0.5, 0.6) is 0 Å². The summed E-state index contributed by atoms with van der Waals surface area (Å²) in [5.74, 6) is 1.30. The van der Waals surface area contributed by atoms with Crippen molar-refractivity contribution in [1.29, 1.82) is 0 Å². The molecule has 4 nitrogen and oxygen atoms in total. The maximum atomic E-state index is 12.2. The van der Waals surface area contributed by atoms with Crippen LogP contribution in [0.2, 0.25) is 0 Å². The zero-order chi connectivity index (χ0) is 17.1. The molecule has 0 bridgehead atoms. The predicted molar refractivity (Wildman–Crippen MR) is 102 cm³/mol. The smallest absolute Gasteiger partial charge is 0.234 e. The molecule has 1 atom stereocenters. The number of hydrogen-bond acceptors (Lipinski definition) is 3. The lowest BCUT2D eigenvalue weighted by molar-refractivity contribution is -0.113. The third kappa shape index (κ3) is 3.79. The van der Waals surface area contributed by atoms with Crippen molar-refractivity contribution in [2.75, 3.05) is 11.1 Å². The molecule has 24 heavy (non-hydrogen) atoms. The molecule has 1 amide bonds. The third-order valence-corrected chi connectivity index (χ3v) is 5.20. The number of benzene rings is 2. The number of para-hydroxylation sites is 2. The van der Waals surface area contributed by atoms with E-state index < -0.39 is 0 Å². The first-order valence-electron chi connectivity index (χ1n) is 7.96. The Labute approximate surface area is 146 Å².